The molecule has 1 heterocycles. The predicted molar refractivity (Wildman–Crippen MR) is 89.1 cm³/mol. The number of nitrogens with two attached hydrogens (primary N) is 1. The standard InChI is InChI=1S/C19H20N2/c1-3-18(20)16-6-4-5-14(11-16)15-9-10-19-17(12-15)8-7-13(2)21-19/h4-12,18H,3,20H2,1-2H3. The number of pyridine rings is 1. The second-order valence-corrected chi connectivity index (χ2v) is 5.50. The third-order valence-electron chi connectivity index (χ3n) is 3.92. The van der Waals surface area contributed by atoms with Crippen molar-refractivity contribution >= 4 is 10.9 Å². The molecule has 0 bridgehead atoms. The third-order valence-corrected chi connectivity index (χ3v) is 3.92. The molecule has 1 atom stereocenters. The molecular formula is C19H20N2. The number of aryl methyl sites for hydroxylation is 1. The minimum atomic E-state index is 0.106. The van der Waals surface area contributed by atoms with Gasteiger partial charge >= 0.3 is 0 Å². The quantitative estimate of drug-likeness (QED) is 0.758. The van der Waals surface area contributed by atoms with E-state index in [1.165, 1.54) is 22.1 Å². The first-order valence-electron chi connectivity index (χ1n) is 7.40. The smallest absolute Gasteiger partial charge is 0.0705 e. The van der Waals surface area contributed by atoms with Crippen molar-refractivity contribution in [3.63, 3.8) is 0 Å². The summed E-state index contributed by atoms with van der Waals surface area (Å²) in [5.41, 5.74) is 11.8. The van der Waals surface area contributed by atoms with Crippen molar-refractivity contribution in [3.8, 4) is 11.1 Å². The summed E-state index contributed by atoms with van der Waals surface area (Å²) in [7, 11) is 0. The summed E-state index contributed by atoms with van der Waals surface area (Å²) in [5.74, 6) is 0. The fourth-order valence-electron chi connectivity index (χ4n) is 2.59. The van der Waals surface area contributed by atoms with Gasteiger partial charge in [0.05, 0.1) is 5.52 Å². The van der Waals surface area contributed by atoms with Crippen LogP contribution < -0.4 is 5.73 Å². The molecule has 3 rings (SSSR count). The molecule has 2 N–H and O–H groups in total. The third kappa shape index (κ3) is 2.81. The molecule has 0 radical (unpaired) electrons. The van der Waals surface area contributed by atoms with E-state index in [1.54, 1.807) is 0 Å². The number of fused-ring (bicyclic) bond motifs is 1. The highest BCUT2D eigenvalue weighted by molar-refractivity contribution is 5.84. The molecular weight excluding hydrogens is 256 g/mol. The number of hydrogen-bond acceptors (Lipinski definition) is 2. The molecule has 0 spiro atoms. The maximum absolute atomic E-state index is 6.14. The van der Waals surface area contributed by atoms with Gasteiger partial charge < -0.3 is 5.73 Å². The molecule has 0 saturated carbocycles. The SMILES string of the molecule is CCC(N)c1cccc(-c2ccc3nc(C)ccc3c2)c1. The highest BCUT2D eigenvalue weighted by Gasteiger charge is 2.06. The summed E-state index contributed by atoms with van der Waals surface area (Å²) in [4.78, 5) is 4.55. The number of aromatic nitrogens is 1. The summed E-state index contributed by atoms with van der Waals surface area (Å²) < 4.78 is 0. The summed E-state index contributed by atoms with van der Waals surface area (Å²) in [5, 5.41) is 1.17. The molecule has 1 aromatic heterocycles. The molecule has 0 aliphatic heterocycles. The van der Waals surface area contributed by atoms with Gasteiger partial charge in [0.2, 0.25) is 0 Å². The Morgan fingerprint density at radius 2 is 1.81 bits per heavy atom. The highest BCUT2D eigenvalue weighted by atomic mass is 14.7. The lowest BCUT2D eigenvalue weighted by atomic mass is 9.98. The van der Waals surface area contributed by atoms with Gasteiger partial charge in [-0.1, -0.05) is 37.3 Å². The van der Waals surface area contributed by atoms with E-state index < -0.39 is 0 Å². The van der Waals surface area contributed by atoms with Gasteiger partial charge in [0, 0.05) is 17.1 Å². The fourth-order valence-corrected chi connectivity index (χ4v) is 2.59. The Balaban J connectivity index is 2.06. The first-order valence-corrected chi connectivity index (χ1v) is 7.40. The largest absolute Gasteiger partial charge is 0.324 e. The molecule has 3 aromatic rings. The lowest BCUT2D eigenvalue weighted by molar-refractivity contribution is 0.699. The van der Waals surface area contributed by atoms with E-state index in [2.05, 4.69) is 66.5 Å². The van der Waals surface area contributed by atoms with Crippen molar-refractivity contribution < 1.29 is 0 Å². The predicted octanol–water partition coefficient (Wildman–Crippen LogP) is 4.62. The van der Waals surface area contributed by atoms with Crippen LogP contribution in [0, 0.1) is 6.92 Å². The van der Waals surface area contributed by atoms with Crippen molar-refractivity contribution in [1.82, 2.24) is 4.98 Å². The summed E-state index contributed by atoms with van der Waals surface area (Å²) in [6.45, 7) is 4.13. The van der Waals surface area contributed by atoms with E-state index in [1.807, 2.05) is 6.92 Å². The molecule has 0 fully saturated rings. The van der Waals surface area contributed by atoms with Gasteiger partial charge in [-0.2, -0.15) is 0 Å². The van der Waals surface area contributed by atoms with Crippen molar-refractivity contribution in [1.29, 1.82) is 0 Å². The molecule has 21 heavy (non-hydrogen) atoms. The Bertz CT molecular complexity index is 777. The Morgan fingerprint density at radius 3 is 2.62 bits per heavy atom. The minimum Gasteiger partial charge on any atom is -0.324 e. The van der Waals surface area contributed by atoms with Crippen LogP contribution in [0.1, 0.15) is 30.6 Å². The Kier molecular flexibility index (Phi) is 3.72. The highest BCUT2D eigenvalue weighted by Crippen LogP contribution is 2.26. The minimum absolute atomic E-state index is 0.106. The average Bonchev–Trinajstić information content (AvgIpc) is 2.53. The maximum Gasteiger partial charge on any atom is 0.0705 e. The van der Waals surface area contributed by atoms with E-state index in [0.29, 0.717) is 0 Å². The molecule has 0 amide bonds. The van der Waals surface area contributed by atoms with Crippen LogP contribution in [0.2, 0.25) is 0 Å². The van der Waals surface area contributed by atoms with E-state index in [4.69, 9.17) is 5.73 Å². The van der Waals surface area contributed by atoms with Crippen molar-refractivity contribution in [2.24, 2.45) is 5.73 Å². The van der Waals surface area contributed by atoms with Gasteiger partial charge in [-0.25, -0.2) is 0 Å². The normalized spacial score (nSPS) is 12.5. The first kappa shape index (κ1) is 13.8. The molecule has 2 nitrogen and oxygen atoms in total. The lowest BCUT2D eigenvalue weighted by Crippen LogP contribution is -2.08. The molecule has 0 aliphatic carbocycles. The average molecular weight is 276 g/mol. The summed E-state index contributed by atoms with van der Waals surface area (Å²) in [6.07, 6.45) is 0.949. The van der Waals surface area contributed by atoms with E-state index in [-0.39, 0.29) is 6.04 Å². The monoisotopic (exact) mass is 276 g/mol. The van der Waals surface area contributed by atoms with E-state index >= 15 is 0 Å². The zero-order chi connectivity index (χ0) is 14.8. The molecule has 1 unspecified atom stereocenters. The maximum atomic E-state index is 6.14. The molecule has 2 heteroatoms. The van der Waals surface area contributed by atoms with Crippen molar-refractivity contribution in [2.75, 3.05) is 0 Å². The van der Waals surface area contributed by atoms with Crippen LogP contribution >= 0.6 is 0 Å². The van der Waals surface area contributed by atoms with Gasteiger partial charge in [-0.05, 0) is 54.3 Å². The van der Waals surface area contributed by atoms with Crippen LogP contribution in [-0.2, 0) is 0 Å². The van der Waals surface area contributed by atoms with Crippen LogP contribution in [0.15, 0.2) is 54.6 Å². The van der Waals surface area contributed by atoms with E-state index in [9.17, 15) is 0 Å². The summed E-state index contributed by atoms with van der Waals surface area (Å²) in [6, 6.07) is 19.2. The molecule has 106 valence electrons. The van der Waals surface area contributed by atoms with Crippen LogP contribution in [0.3, 0.4) is 0 Å². The second kappa shape index (κ2) is 5.66. The van der Waals surface area contributed by atoms with Crippen molar-refractivity contribution in [2.45, 2.75) is 26.3 Å². The van der Waals surface area contributed by atoms with Crippen LogP contribution in [0.5, 0.6) is 0 Å². The molecule has 0 saturated heterocycles. The number of hydrogen-bond donors (Lipinski definition) is 1. The van der Waals surface area contributed by atoms with Gasteiger partial charge in [-0.15, -0.1) is 0 Å². The Hall–Kier alpha value is -2.19. The van der Waals surface area contributed by atoms with Gasteiger partial charge in [0.1, 0.15) is 0 Å². The van der Waals surface area contributed by atoms with Crippen LogP contribution in [0.25, 0.3) is 22.0 Å². The fraction of sp³-hybridized carbons (Fsp3) is 0.211. The topological polar surface area (TPSA) is 38.9 Å². The second-order valence-electron chi connectivity index (χ2n) is 5.50. The Labute approximate surface area is 125 Å². The lowest BCUT2D eigenvalue weighted by Gasteiger charge is -2.11. The van der Waals surface area contributed by atoms with E-state index in [0.717, 1.165) is 17.6 Å². The van der Waals surface area contributed by atoms with Gasteiger partial charge in [0.25, 0.3) is 0 Å². The summed E-state index contributed by atoms with van der Waals surface area (Å²) >= 11 is 0. The zero-order valence-corrected chi connectivity index (χ0v) is 12.5. The number of rotatable bonds is 3. The zero-order valence-electron chi connectivity index (χ0n) is 12.5. The van der Waals surface area contributed by atoms with Crippen LogP contribution in [-0.4, -0.2) is 4.98 Å². The Morgan fingerprint density at radius 1 is 1.00 bits per heavy atom. The van der Waals surface area contributed by atoms with Crippen molar-refractivity contribution in [3.05, 3.63) is 65.9 Å². The van der Waals surface area contributed by atoms with Gasteiger partial charge in [-0.3, -0.25) is 4.98 Å². The van der Waals surface area contributed by atoms with Crippen LogP contribution in [0.4, 0.5) is 0 Å². The molecule has 2 aromatic carbocycles. The number of benzene rings is 2. The molecule has 0 aliphatic rings. The number of nitrogens with zero attached hydrogens (tertiary/aromatic N) is 1. The first-order chi connectivity index (χ1) is 10.2. The van der Waals surface area contributed by atoms with Gasteiger partial charge in [0.15, 0.2) is 0 Å².